The highest BCUT2D eigenvalue weighted by atomic mass is 32.2. The van der Waals surface area contributed by atoms with Crippen LogP contribution in [0.2, 0.25) is 0 Å². The number of rotatable bonds is 7. The van der Waals surface area contributed by atoms with Gasteiger partial charge in [-0.05, 0) is 36.1 Å². The number of nitrogens with one attached hydrogen (secondary N) is 1. The minimum Gasteiger partial charge on any atom is -0.464 e. The number of benzene rings is 1. The summed E-state index contributed by atoms with van der Waals surface area (Å²) in [5.74, 6) is 2.67. The van der Waals surface area contributed by atoms with Crippen LogP contribution in [0.4, 0.5) is 0 Å². The van der Waals surface area contributed by atoms with Gasteiger partial charge in [-0.2, -0.15) is 11.8 Å². The Morgan fingerprint density at radius 3 is 2.67 bits per heavy atom. The Labute approximate surface area is 129 Å². The van der Waals surface area contributed by atoms with Crippen LogP contribution in [0.15, 0.2) is 45.7 Å². The number of hydrogen-bond acceptors (Lipinski definition) is 5. The number of nitrogens with two attached hydrogens (primary N) is 1. The van der Waals surface area contributed by atoms with Crippen molar-refractivity contribution >= 4 is 21.8 Å². The molecule has 0 aliphatic heterocycles. The van der Waals surface area contributed by atoms with Crippen LogP contribution in [0.3, 0.4) is 0 Å². The molecule has 1 aromatic carbocycles. The van der Waals surface area contributed by atoms with Gasteiger partial charge in [-0.1, -0.05) is 12.1 Å². The third kappa shape index (κ3) is 4.89. The number of furan rings is 1. The van der Waals surface area contributed by atoms with E-state index >= 15 is 0 Å². The first kappa shape index (κ1) is 16.1. The van der Waals surface area contributed by atoms with Crippen molar-refractivity contribution in [2.45, 2.75) is 23.7 Å². The Morgan fingerprint density at radius 1 is 1.19 bits per heavy atom. The standard InChI is InChI=1S/C14H18N2O3S2/c1-20-10-13-6-5-12(19-13)9-16-8-11-3-2-4-14(7-11)21(15,17)18/h2-7,16H,8-10H2,1H3,(H2,15,17,18). The van der Waals surface area contributed by atoms with E-state index in [0.29, 0.717) is 13.1 Å². The molecule has 0 aliphatic carbocycles. The predicted octanol–water partition coefficient (Wildman–Crippen LogP) is 2.08. The van der Waals surface area contributed by atoms with E-state index in [1.165, 1.54) is 6.07 Å². The van der Waals surface area contributed by atoms with E-state index in [1.54, 1.807) is 23.9 Å². The monoisotopic (exact) mass is 326 g/mol. The molecule has 2 rings (SSSR count). The fourth-order valence-corrected chi connectivity index (χ4v) is 2.92. The minimum atomic E-state index is -3.65. The molecule has 0 radical (unpaired) electrons. The van der Waals surface area contributed by atoms with Gasteiger partial charge in [-0.25, -0.2) is 13.6 Å². The second-order valence-electron chi connectivity index (χ2n) is 4.60. The molecule has 0 amide bonds. The molecule has 1 aromatic heterocycles. The van der Waals surface area contributed by atoms with E-state index in [1.807, 2.05) is 24.5 Å². The Morgan fingerprint density at radius 2 is 1.95 bits per heavy atom. The smallest absolute Gasteiger partial charge is 0.238 e. The Bertz CT molecular complexity index is 696. The van der Waals surface area contributed by atoms with Crippen molar-refractivity contribution in [3.63, 3.8) is 0 Å². The molecular weight excluding hydrogens is 308 g/mol. The lowest BCUT2D eigenvalue weighted by atomic mass is 10.2. The highest BCUT2D eigenvalue weighted by Crippen LogP contribution is 2.14. The molecule has 0 saturated heterocycles. The first-order valence-electron chi connectivity index (χ1n) is 6.38. The van der Waals surface area contributed by atoms with Crippen LogP contribution in [0.1, 0.15) is 17.1 Å². The van der Waals surface area contributed by atoms with Gasteiger partial charge in [0.05, 0.1) is 17.2 Å². The van der Waals surface area contributed by atoms with Gasteiger partial charge in [-0.15, -0.1) is 0 Å². The fraction of sp³-hybridized carbons (Fsp3) is 0.286. The van der Waals surface area contributed by atoms with Crippen molar-refractivity contribution in [2.24, 2.45) is 5.14 Å². The zero-order valence-corrected chi connectivity index (χ0v) is 13.3. The molecule has 0 saturated carbocycles. The zero-order valence-electron chi connectivity index (χ0n) is 11.7. The van der Waals surface area contributed by atoms with Crippen molar-refractivity contribution in [1.29, 1.82) is 0 Å². The maximum Gasteiger partial charge on any atom is 0.238 e. The molecule has 0 spiro atoms. The molecule has 114 valence electrons. The first-order chi connectivity index (χ1) is 9.99. The molecule has 0 bridgehead atoms. The Kier molecular flexibility index (Phi) is 5.46. The fourth-order valence-electron chi connectivity index (χ4n) is 1.90. The lowest BCUT2D eigenvalue weighted by Crippen LogP contribution is -2.15. The topological polar surface area (TPSA) is 85.3 Å². The van der Waals surface area contributed by atoms with E-state index in [-0.39, 0.29) is 4.90 Å². The maximum atomic E-state index is 11.3. The van der Waals surface area contributed by atoms with E-state index in [4.69, 9.17) is 9.56 Å². The molecular formula is C14H18N2O3S2. The highest BCUT2D eigenvalue weighted by Gasteiger charge is 2.08. The molecule has 0 aliphatic rings. The van der Waals surface area contributed by atoms with Crippen molar-refractivity contribution in [1.82, 2.24) is 5.32 Å². The summed E-state index contributed by atoms with van der Waals surface area (Å²) in [5, 5.41) is 8.33. The molecule has 21 heavy (non-hydrogen) atoms. The maximum absolute atomic E-state index is 11.3. The first-order valence-corrected chi connectivity index (χ1v) is 9.32. The Balaban J connectivity index is 1.91. The van der Waals surface area contributed by atoms with Crippen LogP contribution in [0, 0.1) is 0 Å². The molecule has 3 N–H and O–H groups in total. The normalized spacial score (nSPS) is 11.7. The van der Waals surface area contributed by atoms with Crippen molar-refractivity contribution in [3.8, 4) is 0 Å². The average molecular weight is 326 g/mol. The summed E-state index contributed by atoms with van der Waals surface area (Å²) >= 11 is 1.71. The van der Waals surface area contributed by atoms with Gasteiger partial charge in [0.1, 0.15) is 11.5 Å². The van der Waals surface area contributed by atoms with Gasteiger partial charge >= 0.3 is 0 Å². The Hall–Kier alpha value is -1.28. The van der Waals surface area contributed by atoms with Crippen LogP contribution < -0.4 is 10.5 Å². The third-order valence-corrected chi connectivity index (χ3v) is 4.34. The van der Waals surface area contributed by atoms with Crippen LogP contribution in [-0.4, -0.2) is 14.7 Å². The summed E-state index contributed by atoms with van der Waals surface area (Å²) in [6.45, 7) is 1.13. The van der Waals surface area contributed by atoms with Crippen LogP contribution in [0.5, 0.6) is 0 Å². The molecule has 5 nitrogen and oxygen atoms in total. The van der Waals surface area contributed by atoms with Gasteiger partial charge < -0.3 is 9.73 Å². The van der Waals surface area contributed by atoms with Gasteiger partial charge in [0.15, 0.2) is 0 Å². The zero-order chi connectivity index (χ0) is 15.3. The lowest BCUT2D eigenvalue weighted by Gasteiger charge is -2.05. The molecule has 0 atom stereocenters. The number of sulfonamides is 1. The van der Waals surface area contributed by atoms with Gasteiger partial charge in [0.25, 0.3) is 0 Å². The largest absolute Gasteiger partial charge is 0.464 e. The van der Waals surface area contributed by atoms with Gasteiger partial charge in [0.2, 0.25) is 10.0 Å². The summed E-state index contributed by atoms with van der Waals surface area (Å²) in [6, 6.07) is 10.5. The predicted molar refractivity (Wildman–Crippen MR) is 84.3 cm³/mol. The summed E-state index contributed by atoms with van der Waals surface area (Å²) < 4.78 is 28.2. The van der Waals surface area contributed by atoms with Gasteiger partial charge in [0, 0.05) is 6.54 Å². The van der Waals surface area contributed by atoms with Crippen LogP contribution in [0.25, 0.3) is 0 Å². The number of thioether (sulfide) groups is 1. The van der Waals surface area contributed by atoms with Crippen LogP contribution >= 0.6 is 11.8 Å². The van der Waals surface area contributed by atoms with E-state index in [2.05, 4.69) is 5.32 Å². The SMILES string of the molecule is CSCc1ccc(CNCc2cccc(S(N)(=O)=O)c2)o1. The third-order valence-electron chi connectivity index (χ3n) is 2.86. The van der Waals surface area contributed by atoms with Crippen molar-refractivity contribution in [3.05, 3.63) is 53.5 Å². The molecule has 1 heterocycles. The van der Waals surface area contributed by atoms with E-state index in [0.717, 1.165) is 22.8 Å². The number of primary sulfonamides is 1. The quantitative estimate of drug-likeness (QED) is 0.813. The van der Waals surface area contributed by atoms with Crippen molar-refractivity contribution in [2.75, 3.05) is 6.26 Å². The van der Waals surface area contributed by atoms with E-state index in [9.17, 15) is 8.42 Å². The summed E-state index contributed by atoms with van der Waals surface area (Å²) in [7, 11) is -3.65. The molecule has 7 heteroatoms. The summed E-state index contributed by atoms with van der Waals surface area (Å²) in [6.07, 6.45) is 2.03. The minimum absolute atomic E-state index is 0.127. The molecule has 0 unspecified atom stereocenters. The van der Waals surface area contributed by atoms with Crippen molar-refractivity contribution < 1.29 is 12.8 Å². The highest BCUT2D eigenvalue weighted by molar-refractivity contribution is 7.97. The summed E-state index contributed by atoms with van der Waals surface area (Å²) in [4.78, 5) is 0.127. The summed E-state index contributed by atoms with van der Waals surface area (Å²) in [5.41, 5.74) is 0.859. The lowest BCUT2D eigenvalue weighted by molar-refractivity contribution is 0.459. The van der Waals surface area contributed by atoms with Crippen LogP contribution in [-0.2, 0) is 28.9 Å². The molecule has 0 fully saturated rings. The van der Waals surface area contributed by atoms with E-state index < -0.39 is 10.0 Å². The average Bonchev–Trinajstić information content (AvgIpc) is 2.86. The van der Waals surface area contributed by atoms with Gasteiger partial charge in [-0.3, -0.25) is 0 Å². The second-order valence-corrected chi connectivity index (χ2v) is 7.02. The molecule has 2 aromatic rings. The number of hydrogen-bond donors (Lipinski definition) is 2. The second kappa shape index (κ2) is 7.13.